The third-order valence-corrected chi connectivity index (χ3v) is 4.09. The van der Waals surface area contributed by atoms with Crippen LogP contribution in [0.2, 0.25) is 0 Å². The highest BCUT2D eigenvalue weighted by Gasteiger charge is 2.10. The molecule has 0 radical (unpaired) electrons. The Morgan fingerprint density at radius 1 is 1.25 bits per heavy atom. The molecule has 20 heavy (non-hydrogen) atoms. The molecule has 6 heteroatoms. The lowest BCUT2D eigenvalue weighted by Gasteiger charge is -2.07. The minimum atomic E-state index is -0.272. The van der Waals surface area contributed by atoms with E-state index in [0.717, 1.165) is 22.3 Å². The van der Waals surface area contributed by atoms with Crippen molar-refractivity contribution in [2.45, 2.75) is 13.3 Å². The van der Waals surface area contributed by atoms with Crippen molar-refractivity contribution in [2.24, 2.45) is 0 Å². The molecule has 0 aliphatic heterocycles. The lowest BCUT2D eigenvalue weighted by atomic mass is 10.3. The van der Waals surface area contributed by atoms with Crippen molar-refractivity contribution in [3.8, 4) is 0 Å². The summed E-state index contributed by atoms with van der Waals surface area (Å²) in [6.45, 7) is 2.09. The Kier molecular flexibility index (Phi) is 3.23. The number of benzene rings is 1. The molecule has 0 saturated heterocycles. The number of rotatable bonds is 3. The van der Waals surface area contributed by atoms with Gasteiger partial charge in [0.2, 0.25) is 5.95 Å². The predicted molar refractivity (Wildman–Crippen MR) is 80.9 cm³/mol. The van der Waals surface area contributed by atoms with E-state index in [2.05, 4.69) is 28.3 Å². The van der Waals surface area contributed by atoms with Crippen LogP contribution < -0.4 is 11.1 Å². The summed E-state index contributed by atoms with van der Waals surface area (Å²) >= 11 is 1.61. The Morgan fingerprint density at radius 2 is 2.00 bits per heavy atom. The molecule has 3 aromatic rings. The normalized spacial score (nSPS) is 10.9. The minimum Gasteiger partial charge on any atom is -0.368 e. The van der Waals surface area contributed by atoms with Crippen LogP contribution in [-0.2, 0) is 6.42 Å². The highest BCUT2D eigenvalue weighted by molar-refractivity contribution is 7.18. The molecule has 0 saturated carbocycles. The molecule has 102 valence electrons. The van der Waals surface area contributed by atoms with Crippen LogP contribution in [0.3, 0.4) is 0 Å². The molecule has 3 N–H and O–H groups in total. The summed E-state index contributed by atoms with van der Waals surface area (Å²) in [5.41, 5.74) is 6.50. The van der Waals surface area contributed by atoms with E-state index in [1.54, 1.807) is 23.5 Å². The molecule has 2 aromatic heterocycles. The van der Waals surface area contributed by atoms with Crippen molar-refractivity contribution in [3.05, 3.63) is 41.0 Å². The van der Waals surface area contributed by atoms with E-state index in [1.807, 2.05) is 0 Å². The van der Waals surface area contributed by atoms with Crippen molar-refractivity contribution in [3.63, 3.8) is 0 Å². The first-order valence-corrected chi connectivity index (χ1v) is 7.06. The van der Waals surface area contributed by atoms with Crippen LogP contribution in [0.25, 0.3) is 10.2 Å². The Morgan fingerprint density at radius 3 is 2.70 bits per heavy atom. The average Bonchev–Trinajstić information content (AvgIpc) is 2.84. The van der Waals surface area contributed by atoms with Crippen LogP contribution in [0.4, 0.5) is 21.8 Å². The van der Waals surface area contributed by atoms with Crippen molar-refractivity contribution < 1.29 is 4.39 Å². The maximum Gasteiger partial charge on any atom is 0.223 e. The van der Waals surface area contributed by atoms with E-state index < -0.39 is 0 Å². The number of aryl methyl sites for hydroxylation is 1. The number of fused-ring (bicyclic) bond motifs is 1. The quantitative estimate of drug-likeness (QED) is 0.771. The van der Waals surface area contributed by atoms with Gasteiger partial charge in [0.1, 0.15) is 16.5 Å². The van der Waals surface area contributed by atoms with Crippen LogP contribution >= 0.6 is 11.3 Å². The topological polar surface area (TPSA) is 63.8 Å². The number of hydrogen-bond acceptors (Lipinski definition) is 5. The second-order valence-corrected chi connectivity index (χ2v) is 5.46. The van der Waals surface area contributed by atoms with Gasteiger partial charge < -0.3 is 11.1 Å². The van der Waals surface area contributed by atoms with Crippen molar-refractivity contribution >= 4 is 39.0 Å². The standard InChI is InChI=1S/C14H13FN4S/c1-2-10-7-11-12(18-14(16)19-13(11)20-10)17-9-5-3-8(15)4-6-9/h3-7H,2H2,1H3,(H3,16,17,18,19). The Labute approximate surface area is 119 Å². The number of hydrogen-bond donors (Lipinski definition) is 2. The molecule has 0 unspecified atom stereocenters. The van der Waals surface area contributed by atoms with Crippen LogP contribution in [0.1, 0.15) is 11.8 Å². The smallest absolute Gasteiger partial charge is 0.223 e. The zero-order valence-electron chi connectivity index (χ0n) is 10.9. The first-order valence-electron chi connectivity index (χ1n) is 6.24. The largest absolute Gasteiger partial charge is 0.368 e. The SMILES string of the molecule is CCc1cc2c(Nc3ccc(F)cc3)nc(N)nc2s1. The lowest BCUT2D eigenvalue weighted by molar-refractivity contribution is 0.628. The van der Waals surface area contributed by atoms with Crippen LogP contribution in [0, 0.1) is 5.82 Å². The van der Waals surface area contributed by atoms with Crippen molar-refractivity contribution in [1.82, 2.24) is 9.97 Å². The summed E-state index contributed by atoms with van der Waals surface area (Å²) in [6, 6.07) is 8.18. The summed E-state index contributed by atoms with van der Waals surface area (Å²) in [5, 5.41) is 4.10. The number of thiophene rings is 1. The Balaban J connectivity index is 2.05. The predicted octanol–water partition coefficient (Wildman–Crippen LogP) is 3.72. The number of anilines is 3. The van der Waals surface area contributed by atoms with Gasteiger partial charge in [-0.2, -0.15) is 4.98 Å². The van der Waals surface area contributed by atoms with Gasteiger partial charge in [-0.3, -0.25) is 0 Å². The third kappa shape index (κ3) is 2.42. The lowest BCUT2D eigenvalue weighted by Crippen LogP contribution is -2.00. The summed E-state index contributed by atoms with van der Waals surface area (Å²) in [7, 11) is 0. The molecule has 0 aliphatic carbocycles. The number of nitrogen functional groups attached to an aromatic ring is 1. The maximum atomic E-state index is 12.9. The van der Waals surface area contributed by atoms with Gasteiger partial charge in [0, 0.05) is 10.6 Å². The molecule has 1 aromatic carbocycles. The van der Waals surface area contributed by atoms with E-state index in [0.29, 0.717) is 5.82 Å². The van der Waals surface area contributed by atoms with Gasteiger partial charge >= 0.3 is 0 Å². The second-order valence-electron chi connectivity index (χ2n) is 4.35. The molecule has 0 atom stereocenters. The summed E-state index contributed by atoms with van der Waals surface area (Å²) in [4.78, 5) is 10.6. The average molecular weight is 288 g/mol. The Hall–Kier alpha value is -2.21. The first-order chi connectivity index (χ1) is 9.65. The van der Waals surface area contributed by atoms with E-state index >= 15 is 0 Å². The van der Waals surface area contributed by atoms with Crippen LogP contribution in [0.15, 0.2) is 30.3 Å². The van der Waals surface area contributed by atoms with E-state index in [1.165, 1.54) is 17.0 Å². The van der Waals surface area contributed by atoms with Crippen molar-refractivity contribution in [2.75, 3.05) is 11.1 Å². The summed E-state index contributed by atoms with van der Waals surface area (Å²) < 4.78 is 12.9. The molecular formula is C14H13FN4S. The molecule has 2 heterocycles. The minimum absolute atomic E-state index is 0.228. The van der Waals surface area contributed by atoms with Gasteiger partial charge in [-0.05, 0) is 36.8 Å². The zero-order valence-corrected chi connectivity index (χ0v) is 11.7. The molecule has 3 rings (SSSR count). The molecule has 0 fully saturated rings. The molecule has 0 amide bonds. The van der Waals surface area contributed by atoms with Crippen LogP contribution in [0.5, 0.6) is 0 Å². The molecule has 4 nitrogen and oxygen atoms in total. The number of halogens is 1. The molecular weight excluding hydrogens is 275 g/mol. The zero-order chi connectivity index (χ0) is 14.1. The first kappa shape index (κ1) is 12.8. The molecule has 0 bridgehead atoms. The molecule has 0 spiro atoms. The summed E-state index contributed by atoms with van der Waals surface area (Å²) in [6.07, 6.45) is 0.941. The highest BCUT2D eigenvalue weighted by Crippen LogP contribution is 2.31. The van der Waals surface area contributed by atoms with Gasteiger partial charge in [0.15, 0.2) is 0 Å². The fraction of sp³-hybridized carbons (Fsp3) is 0.143. The number of nitrogens with two attached hydrogens (primary N) is 1. The number of nitrogens with one attached hydrogen (secondary N) is 1. The fourth-order valence-corrected chi connectivity index (χ4v) is 2.90. The van der Waals surface area contributed by atoms with Gasteiger partial charge in [0.25, 0.3) is 0 Å². The van der Waals surface area contributed by atoms with Crippen molar-refractivity contribution in [1.29, 1.82) is 0 Å². The van der Waals surface area contributed by atoms with E-state index in [4.69, 9.17) is 5.73 Å². The Bertz CT molecular complexity index is 752. The number of aromatic nitrogens is 2. The molecule has 0 aliphatic rings. The fourth-order valence-electron chi connectivity index (χ4n) is 1.93. The second kappa shape index (κ2) is 5.05. The maximum absolute atomic E-state index is 12.9. The van der Waals surface area contributed by atoms with Gasteiger partial charge in [-0.25, -0.2) is 9.37 Å². The third-order valence-electron chi connectivity index (χ3n) is 2.92. The van der Waals surface area contributed by atoms with Gasteiger partial charge in [-0.15, -0.1) is 11.3 Å². The van der Waals surface area contributed by atoms with E-state index in [-0.39, 0.29) is 11.8 Å². The van der Waals surface area contributed by atoms with Gasteiger partial charge in [0.05, 0.1) is 5.39 Å². The van der Waals surface area contributed by atoms with Gasteiger partial charge in [-0.1, -0.05) is 6.92 Å². The van der Waals surface area contributed by atoms with Crippen LogP contribution in [-0.4, -0.2) is 9.97 Å². The van der Waals surface area contributed by atoms with E-state index in [9.17, 15) is 4.39 Å². The summed E-state index contributed by atoms with van der Waals surface area (Å²) in [5.74, 6) is 0.605. The highest BCUT2D eigenvalue weighted by atomic mass is 32.1. The monoisotopic (exact) mass is 288 g/mol. The number of nitrogens with zero attached hydrogens (tertiary/aromatic N) is 2.